The molecule has 168 valence electrons. The van der Waals surface area contributed by atoms with Crippen molar-refractivity contribution in [3.05, 3.63) is 68.7 Å². The van der Waals surface area contributed by atoms with Crippen LogP contribution in [0.3, 0.4) is 0 Å². The molecular weight excluding hydrogens is 475 g/mol. The van der Waals surface area contributed by atoms with Crippen molar-refractivity contribution in [1.29, 1.82) is 0 Å². The summed E-state index contributed by atoms with van der Waals surface area (Å²) in [5, 5.41) is 4.57. The third-order valence-corrected chi connectivity index (χ3v) is 6.44. The maximum Gasteiger partial charge on any atom is 0.242 e. The lowest BCUT2D eigenvalue weighted by Gasteiger charge is -2.29. The Balaban J connectivity index is 2.09. The van der Waals surface area contributed by atoms with Crippen LogP contribution in [0.1, 0.15) is 31.9 Å². The van der Waals surface area contributed by atoms with Gasteiger partial charge in [-0.1, -0.05) is 66.8 Å². The highest BCUT2D eigenvalue weighted by atomic mass is 35.5. The highest BCUT2D eigenvalue weighted by Crippen LogP contribution is 2.24. The number of thioether (sulfide) groups is 1. The minimum Gasteiger partial charge on any atom is -0.354 e. The lowest BCUT2D eigenvalue weighted by molar-refractivity contribution is -0.138. The lowest BCUT2D eigenvalue weighted by atomic mass is 10.1. The summed E-state index contributed by atoms with van der Waals surface area (Å²) in [5.41, 5.74) is 1.82. The molecule has 0 bridgehead atoms. The fourth-order valence-corrected chi connectivity index (χ4v) is 4.25. The van der Waals surface area contributed by atoms with Crippen LogP contribution >= 0.6 is 46.6 Å². The molecule has 1 N–H and O–H groups in total. The number of nitrogens with zero attached hydrogens (tertiary/aromatic N) is 1. The van der Waals surface area contributed by atoms with Gasteiger partial charge in [-0.15, -0.1) is 11.8 Å². The average molecular weight is 502 g/mol. The van der Waals surface area contributed by atoms with Crippen LogP contribution in [-0.4, -0.2) is 35.1 Å². The van der Waals surface area contributed by atoms with E-state index in [0.29, 0.717) is 33.3 Å². The second-order valence-corrected chi connectivity index (χ2v) is 9.96. The summed E-state index contributed by atoms with van der Waals surface area (Å²) >= 11 is 19.7. The molecule has 2 aromatic carbocycles. The Hall–Kier alpha value is -1.40. The highest BCUT2D eigenvalue weighted by molar-refractivity contribution is 7.99. The van der Waals surface area contributed by atoms with Crippen molar-refractivity contribution in [2.45, 2.75) is 39.1 Å². The van der Waals surface area contributed by atoms with Crippen molar-refractivity contribution >= 4 is 58.4 Å². The van der Waals surface area contributed by atoms with Gasteiger partial charge in [-0.2, -0.15) is 0 Å². The molecule has 2 amide bonds. The van der Waals surface area contributed by atoms with Crippen LogP contribution in [0.5, 0.6) is 0 Å². The van der Waals surface area contributed by atoms with Gasteiger partial charge < -0.3 is 10.2 Å². The Morgan fingerprint density at radius 3 is 2.26 bits per heavy atom. The zero-order valence-electron chi connectivity index (χ0n) is 17.8. The van der Waals surface area contributed by atoms with Crippen molar-refractivity contribution < 1.29 is 9.59 Å². The monoisotopic (exact) mass is 500 g/mol. The topological polar surface area (TPSA) is 49.4 Å². The van der Waals surface area contributed by atoms with Gasteiger partial charge in [0.2, 0.25) is 11.8 Å². The molecule has 0 saturated carbocycles. The molecule has 0 spiro atoms. The summed E-state index contributed by atoms with van der Waals surface area (Å²) in [6.45, 7) is 6.57. The van der Waals surface area contributed by atoms with E-state index < -0.39 is 6.04 Å². The van der Waals surface area contributed by atoms with E-state index in [4.69, 9.17) is 34.8 Å². The van der Waals surface area contributed by atoms with Gasteiger partial charge in [0.25, 0.3) is 0 Å². The fourth-order valence-electron chi connectivity index (χ4n) is 2.79. The molecule has 8 heteroatoms. The van der Waals surface area contributed by atoms with Gasteiger partial charge in [-0.05, 0) is 48.2 Å². The van der Waals surface area contributed by atoms with Crippen LogP contribution in [0.2, 0.25) is 15.1 Å². The molecule has 0 unspecified atom stereocenters. The minimum absolute atomic E-state index is 0.128. The molecule has 0 fully saturated rings. The van der Waals surface area contributed by atoms with E-state index in [1.165, 1.54) is 11.8 Å². The SMILES string of the molecule is CC(C)CNC(=O)[C@@H](C)N(Cc1ccc(Cl)cc1Cl)C(=O)CSCc1ccc(Cl)cc1. The number of benzene rings is 2. The molecule has 0 aromatic heterocycles. The molecule has 2 rings (SSSR count). The standard InChI is InChI=1S/C23H27Cl3N2O2S/c1-15(2)11-27-23(30)16(3)28(12-18-6-9-20(25)10-21(18)26)22(29)14-31-13-17-4-7-19(24)8-5-17/h4-10,15-16H,11-14H2,1-3H3,(H,27,30)/t16-/m1/s1. The summed E-state index contributed by atoms with van der Waals surface area (Å²) in [7, 11) is 0. The molecule has 0 saturated heterocycles. The first-order chi connectivity index (χ1) is 14.7. The van der Waals surface area contributed by atoms with Crippen molar-refractivity contribution in [2.24, 2.45) is 5.92 Å². The van der Waals surface area contributed by atoms with E-state index in [1.54, 1.807) is 30.0 Å². The fraction of sp³-hybridized carbons (Fsp3) is 0.391. The smallest absolute Gasteiger partial charge is 0.242 e. The summed E-state index contributed by atoms with van der Waals surface area (Å²) < 4.78 is 0. The second kappa shape index (κ2) is 12.6. The molecule has 31 heavy (non-hydrogen) atoms. The molecule has 0 aliphatic rings. The molecule has 0 aliphatic heterocycles. The van der Waals surface area contributed by atoms with E-state index in [-0.39, 0.29) is 24.1 Å². The Labute approximate surface area is 203 Å². The van der Waals surface area contributed by atoms with Crippen LogP contribution in [0.15, 0.2) is 42.5 Å². The number of hydrogen-bond acceptors (Lipinski definition) is 3. The number of rotatable bonds is 10. The Bertz CT molecular complexity index is 891. The van der Waals surface area contributed by atoms with Gasteiger partial charge in [0, 0.05) is 33.9 Å². The third-order valence-electron chi connectivity index (χ3n) is 4.62. The Morgan fingerprint density at radius 1 is 1.00 bits per heavy atom. The summed E-state index contributed by atoms with van der Waals surface area (Å²) in [6.07, 6.45) is 0. The van der Waals surface area contributed by atoms with E-state index in [2.05, 4.69) is 5.32 Å². The first-order valence-corrected chi connectivity index (χ1v) is 12.3. The van der Waals surface area contributed by atoms with E-state index in [0.717, 1.165) is 11.1 Å². The van der Waals surface area contributed by atoms with Crippen LogP contribution in [0, 0.1) is 5.92 Å². The molecule has 4 nitrogen and oxygen atoms in total. The predicted molar refractivity (Wildman–Crippen MR) is 132 cm³/mol. The van der Waals surface area contributed by atoms with Gasteiger partial charge in [0.15, 0.2) is 0 Å². The van der Waals surface area contributed by atoms with Gasteiger partial charge in [0.05, 0.1) is 5.75 Å². The maximum atomic E-state index is 13.1. The van der Waals surface area contributed by atoms with Gasteiger partial charge >= 0.3 is 0 Å². The Kier molecular flexibility index (Phi) is 10.5. The zero-order chi connectivity index (χ0) is 23.0. The molecule has 0 aliphatic carbocycles. The summed E-state index contributed by atoms with van der Waals surface area (Å²) in [5.74, 6) is 0.926. The van der Waals surface area contributed by atoms with Crippen LogP contribution in [0.25, 0.3) is 0 Å². The maximum absolute atomic E-state index is 13.1. The molecule has 1 atom stereocenters. The van der Waals surface area contributed by atoms with Crippen molar-refractivity contribution in [1.82, 2.24) is 10.2 Å². The Morgan fingerprint density at radius 2 is 1.65 bits per heavy atom. The number of amides is 2. The van der Waals surface area contributed by atoms with Crippen LogP contribution in [0.4, 0.5) is 0 Å². The van der Waals surface area contributed by atoms with Crippen LogP contribution in [-0.2, 0) is 21.9 Å². The van der Waals surface area contributed by atoms with Crippen LogP contribution < -0.4 is 5.32 Å². The number of halogens is 3. The first-order valence-electron chi connectivity index (χ1n) is 10.0. The first kappa shape index (κ1) is 25.9. The number of carbonyl (C=O) groups excluding carboxylic acids is 2. The minimum atomic E-state index is -0.630. The molecule has 2 aromatic rings. The van der Waals surface area contributed by atoms with E-state index in [1.807, 2.05) is 38.1 Å². The predicted octanol–water partition coefficient (Wildman–Crippen LogP) is 6.07. The molecular formula is C23H27Cl3N2O2S. The molecule has 0 heterocycles. The van der Waals surface area contributed by atoms with Gasteiger partial charge in [-0.3, -0.25) is 9.59 Å². The second-order valence-electron chi connectivity index (χ2n) is 7.69. The average Bonchev–Trinajstić information content (AvgIpc) is 2.72. The summed E-state index contributed by atoms with van der Waals surface area (Å²) in [4.78, 5) is 27.3. The highest BCUT2D eigenvalue weighted by Gasteiger charge is 2.26. The van der Waals surface area contributed by atoms with E-state index in [9.17, 15) is 9.59 Å². The largest absolute Gasteiger partial charge is 0.354 e. The summed E-state index contributed by atoms with van der Waals surface area (Å²) in [6, 6.07) is 12.0. The van der Waals surface area contributed by atoms with Crippen molar-refractivity contribution in [3.63, 3.8) is 0 Å². The third kappa shape index (κ3) is 8.57. The van der Waals surface area contributed by atoms with Crippen molar-refractivity contribution in [2.75, 3.05) is 12.3 Å². The van der Waals surface area contributed by atoms with Gasteiger partial charge in [-0.25, -0.2) is 0 Å². The number of nitrogens with one attached hydrogen (secondary N) is 1. The van der Waals surface area contributed by atoms with Crippen molar-refractivity contribution in [3.8, 4) is 0 Å². The van der Waals surface area contributed by atoms with Gasteiger partial charge in [0.1, 0.15) is 6.04 Å². The zero-order valence-corrected chi connectivity index (χ0v) is 20.9. The van der Waals surface area contributed by atoms with E-state index >= 15 is 0 Å². The lowest BCUT2D eigenvalue weighted by Crippen LogP contribution is -2.48. The normalized spacial score (nSPS) is 12.0. The quantitative estimate of drug-likeness (QED) is 0.430. The molecule has 0 radical (unpaired) electrons. The number of hydrogen-bond donors (Lipinski definition) is 1. The number of carbonyl (C=O) groups is 2.